The van der Waals surface area contributed by atoms with E-state index in [9.17, 15) is 4.79 Å². The van der Waals surface area contributed by atoms with E-state index in [2.05, 4.69) is 19.2 Å². The van der Waals surface area contributed by atoms with Crippen LogP contribution in [-0.2, 0) is 4.79 Å². The number of hydrogen-bond donors (Lipinski definition) is 2. The monoisotopic (exact) mass is 396 g/mol. The Bertz CT molecular complexity index is 320. The zero-order valence-corrected chi connectivity index (χ0v) is 19.4. The molecule has 1 amide bonds. The summed E-state index contributed by atoms with van der Waals surface area (Å²) in [4.78, 5) is 12.0. The molecule has 0 heterocycles. The summed E-state index contributed by atoms with van der Waals surface area (Å²) in [6.45, 7) is 5.19. The maximum absolute atomic E-state index is 12.0. The molecule has 1 atom stereocenters. The third-order valence-corrected chi connectivity index (χ3v) is 5.87. The average molecular weight is 397 g/mol. The van der Waals surface area contributed by atoms with Crippen molar-refractivity contribution in [2.75, 3.05) is 6.54 Å². The lowest BCUT2D eigenvalue weighted by Crippen LogP contribution is -2.34. The van der Waals surface area contributed by atoms with Crippen LogP contribution in [0, 0.1) is 0 Å². The van der Waals surface area contributed by atoms with Gasteiger partial charge in [0.1, 0.15) is 0 Å². The third-order valence-electron chi connectivity index (χ3n) is 5.87. The lowest BCUT2D eigenvalue weighted by atomic mass is 10.0. The van der Waals surface area contributed by atoms with Gasteiger partial charge in [-0.15, -0.1) is 0 Å². The Morgan fingerprint density at radius 2 is 1.14 bits per heavy atom. The smallest absolute Gasteiger partial charge is 0.220 e. The van der Waals surface area contributed by atoms with Crippen molar-refractivity contribution in [1.29, 1.82) is 0 Å². The van der Waals surface area contributed by atoms with Crippen molar-refractivity contribution in [2.24, 2.45) is 5.73 Å². The number of rotatable bonds is 22. The molecule has 0 aliphatic carbocycles. The Labute approximate surface area is 177 Å². The number of nitrogens with two attached hydrogens (primary N) is 1. The molecule has 0 aromatic rings. The summed E-state index contributed by atoms with van der Waals surface area (Å²) in [6, 6.07) is 0.343. The van der Waals surface area contributed by atoms with Crippen molar-refractivity contribution in [1.82, 2.24) is 5.32 Å². The molecule has 28 heavy (non-hydrogen) atoms. The normalized spacial score (nSPS) is 12.2. The van der Waals surface area contributed by atoms with Gasteiger partial charge in [-0.1, -0.05) is 110 Å². The molecule has 3 N–H and O–H groups in total. The minimum Gasteiger partial charge on any atom is -0.353 e. The van der Waals surface area contributed by atoms with Crippen molar-refractivity contribution in [3.05, 3.63) is 0 Å². The maximum atomic E-state index is 12.0. The minimum absolute atomic E-state index is 0.245. The first-order chi connectivity index (χ1) is 13.7. The molecule has 0 aliphatic heterocycles. The standard InChI is InChI=1S/C25H52N2O/c1-3-5-6-7-8-9-10-11-12-13-14-15-16-17-18-22-25(28)27-24(4-2)21-19-20-23-26/h24H,3-23,26H2,1-2H3,(H,27,28). The molecular formula is C25H52N2O. The maximum Gasteiger partial charge on any atom is 0.220 e. The highest BCUT2D eigenvalue weighted by Gasteiger charge is 2.09. The van der Waals surface area contributed by atoms with E-state index in [0.29, 0.717) is 12.5 Å². The SMILES string of the molecule is CCCCCCCCCCCCCCCCCC(=O)NC(CC)CCCCN. The largest absolute Gasteiger partial charge is 0.353 e. The summed E-state index contributed by atoms with van der Waals surface area (Å²) >= 11 is 0. The predicted molar refractivity (Wildman–Crippen MR) is 125 cm³/mol. The second kappa shape index (κ2) is 22.7. The Hall–Kier alpha value is -0.570. The molecule has 0 saturated heterocycles. The van der Waals surface area contributed by atoms with E-state index in [-0.39, 0.29) is 5.91 Å². The van der Waals surface area contributed by atoms with E-state index in [0.717, 1.165) is 38.6 Å². The first-order valence-electron chi connectivity index (χ1n) is 12.7. The second-order valence-corrected chi connectivity index (χ2v) is 8.66. The molecule has 1 unspecified atom stereocenters. The van der Waals surface area contributed by atoms with Gasteiger partial charge in [0.2, 0.25) is 5.91 Å². The van der Waals surface area contributed by atoms with Gasteiger partial charge in [0.15, 0.2) is 0 Å². The summed E-state index contributed by atoms with van der Waals surface area (Å²) in [5, 5.41) is 3.20. The number of carbonyl (C=O) groups excluding carboxylic acids is 1. The van der Waals surface area contributed by atoms with Crippen molar-refractivity contribution in [3.8, 4) is 0 Å². The van der Waals surface area contributed by atoms with Crippen LogP contribution in [0.1, 0.15) is 142 Å². The van der Waals surface area contributed by atoms with E-state index >= 15 is 0 Å². The lowest BCUT2D eigenvalue weighted by Gasteiger charge is -2.16. The third kappa shape index (κ3) is 20.2. The van der Waals surface area contributed by atoms with E-state index < -0.39 is 0 Å². The molecule has 0 aliphatic rings. The van der Waals surface area contributed by atoms with Crippen LogP contribution in [0.2, 0.25) is 0 Å². The number of nitrogens with one attached hydrogen (secondary N) is 1. The molecule has 0 aromatic heterocycles. The van der Waals surface area contributed by atoms with Crippen LogP contribution in [0.15, 0.2) is 0 Å². The topological polar surface area (TPSA) is 55.1 Å². The first kappa shape index (κ1) is 27.4. The minimum atomic E-state index is 0.245. The van der Waals surface area contributed by atoms with E-state index in [1.54, 1.807) is 0 Å². The molecule has 0 fully saturated rings. The van der Waals surface area contributed by atoms with Gasteiger partial charge in [0.05, 0.1) is 0 Å². The van der Waals surface area contributed by atoms with Crippen LogP contribution in [0.25, 0.3) is 0 Å². The van der Waals surface area contributed by atoms with Gasteiger partial charge in [-0.3, -0.25) is 4.79 Å². The number of unbranched alkanes of at least 4 members (excludes halogenated alkanes) is 15. The highest BCUT2D eigenvalue weighted by molar-refractivity contribution is 5.76. The van der Waals surface area contributed by atoms with Gasteiger partial charge < -0.3 is 11.1 Å². The number of hydrogen-bond acceptors (Lipinski definition) is 2. The molecule has 168 valence electrons. The Morgan fingerprint density at radius 3 is 1.57 bits per heavy atom. The van der Waals surface area contributed by atoms with Crippen LogP contribution >= 0.6 is 0 Å². The van der Waals surface area contributed by atoms with Gasteiger partial charge in [0.25, 0.3) is 0 Å². The molecule has 0 radical (unpaired) electrons. The molecule has 0 rings (SSSR count). The fraction of sp³-hybridized carbons (Fsp3) is 0.960. The summed E-state index contributed by atoms with van der Waals surface area (Å²) < 4.78 is 0. The zero-order chi connectivity index (χ0) is 20.7. The summed E-state index contributed by atoms with van der Waals surface area (Å²) in [5.74, 6) is 0.245. The molecule has 0 saturated carbocycles. The van der Waals surface area contributed by atoms with Gasteiger partial charge in [0, 0.05) is 12.5 Å². The fourth-order valence-corrected chi connectivity index (χ4v) is 3.87. The zero-order valence-electron chi connectivity index (χ0n) is 19.4. The van der Waals surface area contributed by atoms with E-state index in [1.165, 1.54) is 89.9 Å². The number of amides is 1. The molecule has 0 spiro atoms. The summed E-state index contributed by atoms with van der Waals surface area (Å²) in [6.07, 6.45) is 25.4. The molecule has 0 aromatic carbocycles. The van der Waals surface area contributed by atoms with E-state index in [1.807, 2.05) is 0 Å². The van der Waals surface area contributed by atoms with Gasteiger partial charge in [-0.2, -0.15) is 0 Å². The summed E-state index contributed by atoms with van der Waals surface area (Å²) in [5.41, 5.74) is 5.54. The highest BCUT2D eigenvalue weighted by atomic mass is 16.1. The fourth-order valence-electron chi connectivity index (χ4n) is 3.87. The van der Waals surface area contributed by atoms with Crippen LogP contribution in [0.3, 0.4) is 0 Å². The van der Waals surface area contributed by atoms with Gasteiger partial charge in [-0.25, -0.2) is 0 Å². The summed E-state index contributed by atoms with van der Waals surface area (Å²) in [7, 11) is 0. The van der Waals surface area contributed by atoms with Crippen molar-refractivity contribution >= 4 is 5.91 Å². The first-order valence-corrected chi connectivity index (χ1v) is 12.7. The van der Waals surface area contributed by atoms with Crippen LogP contribution < -0.4 is 11.1 Å². The molecule has 3 nitrogen and oxygen atoms in total. The number of carbonyl (C=O) groups is 1. The lowest BCUT2D eigenvalue weighted by molar-refractivity contribution is -0.122. The van der Waals surface area contributed by atoms with Gasteiger partial charge in [-0.05, 0) is 32.2 Å². The Morgan fingerprint density at radius 1 is 0.679 bits per heavy atom. The highest BCUT2D eigenvalue weighted by Crippen LogP contribution is 2.14. The Kier molecular flexibility index (Phi) is 22.3. The van der Waals surface area contributed by atoms with Crippen LogP contribution in [-0.4, -0.2) is 18.5 Å². The quantitative estimate of drug-likeness (QED) is 0.189. The van der Waals surface area contributed by atoms with Crippen molar-refractivity contribution < 1.29 is 4.79 Å². The van der Waals surface area contributed by atoms with E-state index in [4.69, 9.17) is 5.73 Å². The molecule has 3 heteroatoms. The van der Waals surface area contributed by atoms with Crippen molar-refractivity contribution in [2.45, 2.75) is 148 Å². The molecule has 0 bridgehead atoms. The van der Waals surface area contributed by atoms with Crippen LogP contribution in [0.5, 0.6) is 0 Å². The predicted octanol–water partition coefficient (Wildman–Crippen LogP) is 7.27. The molecular weight excluding hydrogens is 344 g/mol. The second-order valence-electron chi connectivity index (χ2n) is 8.66. The Balaban J connectivity index is 3.30. The van der Waals surface area contributed by atoms with Crippen molar-refractivity contribution in [3.63, 3.8) is 0 Å². The average Bonchev–Trinajstić information content (AvgIpc) is 2.70. The van der Waals surface area contributed by atoms with Crippen LogP contribution in [0.4, 0.5) is 0 Å². The van der Waals surface area contributed by atoms with Gasteiger partial charge >= 0.3 is 0 Å².